The molecule has 0 spiro atoms. The third-order valence-corrected chi connectivity index (χ3v) is 7.79. The first kappa shape index (κ1) is 27.3. The quantitative estimate of drug-likeness (QED) is 0.211. The Hall–Kier alpha value is -1.26. The Labute approximate surface area is 192 Å². The third-order valence-electron chi connectivity index (χ3n) is 5.19. The van der Waals surface area contributed by atoms with Gasteiger partial charge in [0, 0.05) is 24.2 Å². The summed E-state index contributed by atoms with van der Waals surface area (Å²) in [6.07, 6.45) is -5.88. The Morgan fingerprint density at radius 1 is 1.21 bits per heavy atom. The van der Waals surface area contributed by atoms with Crippen LogP contribution >= 0.6 is 15.6 Å². The zero-order valence-electron chi connectivity index (χ0n) is 18.1. The fraction of sp³-hybridized carbons (Fsp3) is 0.750. The number of nitrogens with zero attached hydrogens (tertiary/aromatic N) is 1. The maximum Gasteiger partial charge on any atom is 0.483 e. The number of hydrogen-bond donors (Lipinski definition) is 6. The van der Waals surface area contributed by atoms with Crippen molar-refractivity contribution >= 4 is 15.6 Å². The van der Waals surface area contributed by atoms with Crippen molar-refractivity contribution in [3.05, 3.63) is 32.6 Å². The fourth-order valence-electron chi connectivity index (χ4n) is 3.48. The van der Waals surface area contributed by atoms with Gasteiger partial charge in [0.2, 0.25) is 0 Å². The number of phosphoric ester groups is 2. The van der Waals surface area contributed by atoms with E-state index in [1.807, 2.05) is 0 Å². The molecule has 1 aromatic rings. The van der Waals surface area contributed by atoms with Gasteiger partial charge >= 0.3 is 21.3 Å². The molecule has 0 aromatic carbocycles. The number of aryl methyl sites for hydroxylation is 1. The molecule has 0 amide bonds. The van der Waals surface area contributed by atoms with Gasteiger partial charge in [-0.15, -0.1) is 0 Å². The number of aliphatic hydroxyl groups excluding tert-OH is 2. The van der Waals surface area contributed by atoms with Crippen LogP contribution in [-0.4, -0.2) is 72.9 Å². The van der Waals surface area contributed by atoms with E-state index in [0.717, 1.165) is 4.57 Å². The van der Waals surface area contributed by atoms with Gasteiger partial charge in [0.15, 0.2) is 6.29 Å². The van der Waals surface area contributed by atoms with Crippen LogP contribution in [0.1, 0.15) is 31.6 Å². The van der Waals surface area contributed by atoms with Crippen molar-refractivity contribution in [2.75, 3.05) is 6.61 Å². The summed E-state index contributed by atoms with van der Waals surface area (Å²) < 4.78 is 49.5. The summed E-state index contributed by atoms with van der Waals surface area (Å²) in [6, 6.07) is -0.835. The summed E-state index contributed by atoms with van der Waals surface area (Å²) in [6.45, 7) is 2.27. The zero-order valence-corrected chi connectivity index (χ0v) is 19.9. The van der Waals surface area contributed by atoms with Crippen molar-refractivity contribution in [2.45, 2.75) is 69.7 Å². The number of phosphoric acid groups is 2. The van der Waals surface area contributed by atoms with Crippen molar-refractivity contribution in [3.8, 4) is 0 Å². The Balaban J connectivity index is 1.58. The SMILES string of the molecule is Cc1cn([C@H]2C[C@H](O)[C@@H](COP(=O)(O)OP(=O)(O)O[C@H]3O[C@H](C)C[C@H](N)[C@H]3O)O2)c(=O)[nH]c1=O. The predicted octanol–water partition coefficient (Wildman–Crippen LogP) is -1.43. The molecule has 2 aliphatic heterocycles. The summed E-state index contributed by atoms with van der Waals surface area (Å²) in [7, 11) is -10.5. The van der Waals surface area contributed by atoms with Gasteiger partial charge in [0.05, 0.1) is 18.8 Å². The van der Waals surface area contributed by atoms with Crippen molar-refractivity contribution in [2.24, 2.45) is 5.73 Å². The van der Waals surface area contributed by atoms with E-state index in [1.54, 1.807) is 6.92 Å². The minimum absolute atomic E-state index is 0.118. The molecule has 2 aliphatic rings. The molecule has 0 aliphatic carbocycles. The number of aromatic amines is 1. The van der Waals surface area contributed by atoms with Crippen LogP contribution in [0.4, 0.5) is 0 Å². The number of nitrogens with one attached hydrogen (secondary N) is 1. The van der Waals surface area contributed by atoms with Crippen LogP contribution in [0, 0.1) is 6.92 Å². The van der Waals surface area contributed by atoms with Gasteiger partial charge in [0.1, 0.15) is 18.4 Å². The minimum atomic E-state index is -5.29. The van der Waals surface area contributed by atoms with Gasteiger partial charge < -0.3 is 35.2 Å². The Morgan fingerprint density at radius 2 is 1.88 bits per heavy atom. The van der Waals surface area contributed by atoms with Gasteiger partial charge in [-0.2, -0.15) is 4.31 Å². The maximum absolute atomic E-state index is 12.2. The first-order valence-electron chi connectivity index (χ1n) is 10.1. The number of aromatic nitrogens is 2. The van der Waals surface area contributed by atoms with E-state index in [1.165, 1.54) is 13.1 Å². The van der Waals surface area contributed by atoms with Gasteiger partial charge in [0.25, 0.3) is 5.56 Å². The molecule has 2 saturated heterocycles. The standard InChI is InChI=1S/C16H27N3O13P2/c1-7-5-19(16(23)18-14(7)22)12-4-10(20)11(30-12)6-28-33(24,25)32-34(26,27)31-15-13(21)9(17)3-8(2)29-15/h5,8-13,15,20-21H,3-4,6,17H2,1-2H3,(H,24,25)(H,26,27)(H,18,22,23)/t8-,9+,10+,11-,12-,13-,15-/m1/s1. The Morgan fingerprint density at radius 3 is 2.56 bits per heavy atom. The highest BCUT2D eigenvalue weighted by molar-refractivity contribution is 7.61. The lowest BCUT2D eigenvalue weighted by molar-refractivity contribution is -0.208. The van der Waals surface area contributed by atoms with Crippen LogP contribution in [0.2, 0.25) is 0 Å². The molecule has 9 atom stereocenters. The number of rotatable bonds is 8. The highest BCUT2D eigenvalue weighted by atomic mass is 31.3. The van der Waals surface area contributed by atoms with E-state index < -0.39 is 76.5 Å². The summed E-state index contributed by atoms with van der Waals surface area (Å²) in [5, 5.41) is 20.1. The second-order valence-electron chi connectivity index (χ2n) is 8.04. The van der Waals surface area contributed by atoms with E-state index >= 15 is 0 Å². The molecular formula is C16H27N3O13P2. The molecule has 16 nitrogen and oxygen atoms in total. The normalized spacial score (nSPS) is 35.6. The lowest BCUT2D eigenvalue weighted by atomic mass is 10.0. The largest absolute Gasteiger partial charge is 0.483 e. The molecule has 2 unspecified atom stereocenters. The topological polar surface area (TPSA) is 242 Å². The first-order chi connectivity index (χ1) is 15.7. The van der Waals surface area contributed by atoms with Crippen LogP contribution in [0.15, 0.2) is 15.8 Å². The monoisotopic (exact) mass is 531 g/mol. The van der Waals surface area contributed by atoms with Crippen LogP contribution in [0.3, 0.4) is 0 Å². The number of aliphatic hydroxyl groups is 2. The molecule has 7 N–H and O–H groups in total. The van der Waals surface area contributed by atoms with Crippen LogP contribution in [0.25, 0.3) is 0 Å². The van der Waals surface area contributed by atoms with Crippen molar-refractivity contribution in [1.29, 1.82) is 0 Å². The highest BCUT2D eigenvalue weighted by Gasteiger charge is 2.44. The minimum Gasteiger partial charge on any atom is -0.390 e. The molecule has 0 bridgehead atoms. The fourth-order valence-corrected chi connectivity index (χ4v) is 5.64. The smallest absolute Gasteiger partial charge is 0.390 e. The molecule has 0 radical (unpaired) electrons. The van der Waals surface area contributed by atoms with E-state index in [9.17, 15) is 38.7 Å². The third kappa shape index (κ3) is 6.69. The average Bonchev–Trinajstić information content (AvgIpc) is 3.06. The number of nitrogens with two attached hydrogens (primary N) is 1. The predicted molar refractivity (Wildman–Crippen MR) is 111 cm³/mol. The molecular weight excluding hydrogens is 504 g/mol. The zero-order chi connectivity index (χ0) is 25.4. The molecule has 18 heteroatoms. The average molecular weight is 531 g/mol. The molecule has 3 rings (SSSR count). The first-order valence-corrected chi connectivity index (χ1v) is 13.1. The molecule has 3 heterocycles. The second-order valence-corrected chi connectivity index (χ2v) is 11.0. The summed E-state index contributed by atoms with van der Waals surface area (Å²) in [5.74, 6) is 0. The number of ether oxygens (including phenoxy) is 2. The van der Waals surface area contributed by atoms with E-state index in [2.05, 4.69) is 18.3 Å². The summed E-state index contributed by atoms with van der Waals surface area (Å²) in [5.41, 5.74) is 4.53. The second kappa shape index (κ2) is 10.4. The molecule has 34 heavy (non-hydrogen) atoms. The number of hydrogen-bond acceptors (Lipinski definition) is 12. The Kier molecular flexibility index (Phi) is 8.35. The van der Waals surface area contributed by atoms with E-state index in [-0.39, 0.29) is 18.4 Å². The van der Waals surface area contributed by atoms with Gasteiger partial charge in [-0.3, -0.25) is 23.4 Å². The molecule has 194 valence electrons. The van der Waals surface area contributed by atoms with Crippen LogP contribution < -0.4 is 17.0 Å². The van der Waals surface area contributed by atoms with Crippen LogP contribution in [0.5, 0.6) is 0 Å². The molecule has 1 aromatic heterocycles. The maximum atomic E-state index is 12.2. The van der Waals surface area contributed by atoms with E-state index in [4.69, 9.17) is 15.2 Å². The summed E-state index contributed by atoms with van der Waals surface area (Å²) >= 11 is 0. The van der Waals surface area contributed by atoms with Crippen molar-refractivity contribution < 1.29 is 52.0 Å². The van der Waals surface area contributed by atoms with Crippen molar-refractivity contribution in [3.63, 3.8) is 0 Å². The summed E-state index contributed by atoms with van der Waals surface area (Å²) in [4.78, 5) is 45.2. The Bertz CT molecular complexity index is 1090. The van der Waals surface area contributed by atoms with Crippen LogP contribution in [-0.2, 0) is 32.0 Å². The molecule has 0 saturated carbocycles. The van der Waals surface area contributed by atoms with Gasteiger partial charge in [-0.25, -0.2) is 13.9 Å². The lowest BCUT2D eigenvalue weighted by Crippen LogP contribution is -2.52. The highest BCUT2D eigenvalue weighted by Crippen LogP contribution is 2.61. The van der Waals surface area contributed by atoms with Gasteiger partial charge in [-0.05, 0) is 20.3 Å². The van der Waals surface area contributed by atoms with E-state index in [0.29, 0.717) is 0 Å². The molecule has 2 fully saturated rings. The van der Waals surface area contributed by atoms with Gasteiger partial charge in [-0.1, -0.05) is 0 Å². The number of H-pyrrole nitrogens is 1. The lowest BCUT2D eigenvalue weighted by Gasteiger charge is -2.36. The van der Waals surface area contributed by atoms with Crippen molar-refractivity contribution in [1.82, 2.24) is 9.55 Å².